The summed E-state index contributed by atoms with van der Waals surface area (Å²) in [5.74, 6) is 0. The number of epoxide rings is 1. The van der Waals surface area contributed by atoms with Crippen LogP contribution in [0.15, 0.2) is 39.8 Å². The molecule has 0 radical (unpaired) electrons. The van der Waals surface area contributed by atoms with Gasteiger partial charge in [-0.15, -0.1) is 0 Å². The lowest BCUT2D eigenvalue weighted by molar-refractivity contribution is 0.104. The zero-order valence-corrected chi connectivity index (χ0v) is 11.8. The molecular formula is C12H12Br2O2. The second-order valence-corrected chi connectivity index (χ2v) is 6.37. The predicted molar refractivity (Wildman–Crippen MR) is 70.7 cm³/mol. The summed E-state index contributed by atoms with van der Waals surface area (Å²) in [6, 6.07) is 10.1. The monoisotopic (exact) mass is 346 g/mol. The number of hydrogen-bond donors (Lipinski definition) is 0. The fourth-order valence-corrected chi connectivity index (χ4v) is 1.95. The first-order valence-corrected chi connectivity index (χ1v) is 6.64. The molecule has 1 aliphatic heterocycles. The minimum Gasteiger partial charge on any atom is -0.374 e. The van der Waals surface area contributed by atoms with Crippen molar-refractivity contribution < 1.29 is 9.47 Å². The van der Waals surface area contributed by atoms with Crippen LogP contribution in [-0.2, 0) is 16.1 Å². The van der Waals surface area contributed by atoms with Crippen LogP contribution >= 0.6 is 31.9 Å². The van der Waals surface area contributed by atoms with E-state index in [4.69, 9.17) is 9.47 Å². The maximum Gasteiger partial charge on any atom is 0.112 e. The molecule has 1 aromatic rings. The summed E-state index contributed by atoms with van der Waals surface area (Å²) < 4.78 is 11.9. The molecule has 16 heavy (non-hydrogen) atoms. The Morgan fingerprint density at radius 3 is 2.75 bits per heavy atom. The van der Waals surface area contributed by atoms with E-state index in [0.717, 1.165) is 3.39 Å². The van der Waals surface area contributed by atoms with Gasteiger partial charge in [-0.05, 0) is 43.5 Å². The highest BCUT2D eigenvalue weighted by molar-refractivity contribution is 9.28. The summed E-state index contributed by atoms with van der Waals surface area (Å²) in [7, 11) is 0. The highest BCUT2D eigenvalue weighted by atomic mass is 79.9. The van der Waals surface area contributed by atoms with Crippen LogP contribution in [0.1, 0.15) is 5.56 Å². The van der Waals surface area contributed by atoms with E-state index < -0.39 is 0 Å². The Hall–Kier alpha value is -0.160. The van der Waals surface area contributed by atoms with E-state index in [1.54, 1.807) is 0 Å². The predicted octanol–water partition coefficient (Wildman–Crippen LogP) is 3.60. The van der Waals surface area contributed by atoms with Gasteiger partial charge < -0.3 is 9.47 Å². The van der Waals surface area contributed by atoms with Crippen LogP contribution in [0.5, 0.6) is 0 Å². The second kappa shape index (κ2) is 5.96. The van der Waals surface area contributed by atoms with Crippen molar-refractivity contribution in [1.82, 2.24) is 0 Å². The van der Waals surface area contributed by atoms with E-state index in [-0.39, 0.29) is 12.2 Å². The van der Waals surface area contributed by atoms with Crippen molar-refractivity contribution in [2.45, 2.75) is 18.8 Å². The Balaban J connectivity index is 1.66. The zero-order chi connectivity index (χ0) is 11.4. The van der Waals surface area contributed by atoms with Crippen molar-refractivity contribution in [3.8, 4) is 0 Å². The van der Waals surface area contributed by atoms with Crippen LogP contribution < -0.4 is 0 Å². The van der Waals surface area contributed by atoms with Gasteiger partial charge in [-0.1, -0.05) is 30.3 Å². The largest absolute Gasteiger partial charge is 0.374 e. The van der Waals surface area contributed by atoms with E-state index in [9.17, 15) is 0 Å². The summed E-state index contributed by atoms with van der Waals surface area (Å²) in [6.07, 6.45) is 2.37. The molecule has 1 saturated heterocycles. The fraction of sp³-hybridized carbons (Fsp3) is 0.333. The third-order valence-electron chi connectivity index (χ3n) is 2.31. The number of benzene rings is 1. The fourth-order valence-electron chi connectivity index (χ4n) is 1.43. The van der Waals surface area contributed by atoms with Crippen molar-refractivity contribution >= 4 is 31.9 Å². The molecule has 0 bridgehead atoms. The quantitative estimate of drug-likeness (QED) is 0.759. The first-order chi connectivity index (χ1) is 7.75. The third-order valence-corrected chi connectivity index (χ3v) is 2.83. The van der Waals surface area contributed by atoms with Crippen LogP contribution in [0, 0.1) is 0 Å². The van der Waals surface area contributed by atoms with Crippen molar-refractivity contribution in [3.05, 3.63) is 45.4 Å². The van der Waals surface area contributed by atoms with Crippen molar-refractivity contribution in [2.75, 3.05) is 6.61 Å². The molecule has 2 rings (SSSR count). The minimum absolute atomic E-state index is 0.185. The first kappa shape index (κ1) is 12.3. The molecule has 1 fully saturated rings. The highest BCUT2D eigenvalue weighted by Crippen LogP contribution is 2.28. The van der Waals surface area contributed by atoms with Crippen molar-refractivity contribution in [2.24, 2.45) is 0 Å². The summed E-state index contributed by atoms with van der Waals surface area (Å²) in [4.78, 5) is 0. The molecule has 2 nitrogen and oxygen atoms in total. The Morgan fingerprint density at radius 2 is 2.06 bits per heavy atom. The van der Waals surface area contributed by atoms with Gasteiger partial charge in [-0.3, -0.25) is 0 Å². The topological polar surface area (TPSA) is 21.8 Å². The minimum atomic E-state index is 0.185. The lowest BCUT2D eigenvalue weighted by Crippen LogP contribution is -2.03. The Labute approximate surface area is 112 Å². The molecule has 0 aliphatic carbocycles. The standard InChI is InChI=1S/C12H12Br2O2/c13-12(14)6-10-11(16-10)8-15-7-9-4-2-1-3-5-9/h1-6,10-11H,7-8H2/t10-,11+/m0/s1. The lowest BCUT2D eigenvalue weighted by atomic mass is 10.2. The smallest absolute Gasteiger partial charge is 0.112 e. The van der Waals surface area contributed by atoms with E-state index in [2.05, 4.69) is 44.0 Å². The van der Waals surface area contributed by atoms with E-state index in [1.807, 2.05) is 24.3 Å². The van der Waals surface area contributed by atoms with Crippen LogP contribution in [0.2, 0.25) is 0 Å². The molecule has 86 valence electrons. The Bertz CT molecular complexity index is 361. The normalized spacial score (nSPS) is 22.9. The number of halogens is 2. The molecule has 0 aromatic heterocycles. The number of ether oxygens (including phenoxy) is 2. The van der Waals surface area contributed by atoms with Gasteiger partial charge in [0.2, 0.25) is 0 Å². The molecule has 1 heterocycles. The molecule has 0 N–H and O–H groups in total. The number of rotatable bonds is 5. The van der Waals surface area contributed by atoms with Gasteiger partial charge in [-0.25, -0.2) is 0 Å². The van der Waals surface area contributed by atoms with Crippen LogP contribution in [-0.4, -0.2) is 18.8 Å². The van der Waals surface area contributed by atoms with Crippen LogP contribution in [0.4, 0.5) is 0 Å². The van der Waals surface area contributed by atoms with E-state index >= 15 is 0 Å². The third kappa shape index (κ3) is 4.01. The van der Waals surface area contributed by atoms with Gasteiger partial charge in [0.15, 0.2) is 0 Å². The van der Waals surface area contributed by atoms with Gasteiger partial charge in [0.1, 0.15) is 12.2 Å². The lowest BCUT2D eigenvalue weighted by Gasteiger charge is -2.01. The summed E-state index contributed by atoms with van der Waals surface area (Å²) in [5, 5.41) is 0. The maximum atomic E-state index is 5.57. The maximum absolute atomic E-state index is 5.57. The summed E-state index contributed by atoms with van der Waals surface area (Å²) in [6.45, 7) is 1.29. The van der Waals surface area contributed by atoms with Gasteiger partial charge in [0.25, 0.3) is 0 Å². The molecular weight excluding hydrogens is 336 g/mol. The molecule has 4 heteroatoms. The average Bonchev–Trinajstić information content (AvgIpc) is 2.97. The molecule has 2 atom stereocenters. The van der Waals surface area contributed by atoms with Crippen LogP contribution in [0.25, 0.3) is 0 Å². The average molecular weight is 348 g/mol. The number of hydrogen-bond acceptors (Lipinski definition) is 2. The molecule has 0 unspecified atom stereocenters. The molecule has 1 aliphatic rings. The van der Waals surface area contributed by atoms with Gasteiger partial charge in [-0.2, -0.15) is 0 Å². The van der Waals surface area contributed by atoms with Crippen molar-refractivity contribution in [3.63, 3.8) is 0 Å². The Kier molecular flexibility index (Phi) is 4.58. The SMILES string of the molecule is BrC(Br)=C[C@@H]1O[C@@H]1COCc1ccccc1. The van der Waals surface area contributed by atoms with E-state index in [0.29, 0.717) is 13.2 Å². The summed E-state index contributed by atoms with van der Waals surface area (Å²) >= 11 is 6.61. The van der Waals surface area contributed by atoms with Gasteiger partial charge in [0, 0.05) is 0 Å². The van der Waals surface area contributed by atoms with Gasteiger partial charge >= 0.3 is 0 Å². The first-order valence-electron chi connectivity index (χ1n) is 5.05. The molecule has 1 aromatic carbocycles. The van der Waals surface area contributed by atoms with Crippen LogP contribution in [0.3, 0.4) is 0 Å². The molecule has 0 saturated carbocycles. The van der Waals surface area contributed by atoms with Crippen molar-refractivity contribution in [1.29, 1.82) is 0 Å². The highest BCUT2D eigenvalue weighted by Gasteiger charge is 2.37. The Morgan fingerprint density at radius 1 is 1.31 bits per heavy atom. The molecule has 0 amide bonds. The van der Waals surface area contributed by atoms with E-state index in [1.165, 1.54) is 5.56 Å². The van der Waals surface area contributed by atoms with Gasteiger partial charge in [0.05, 0.1) is 16.6 Å². The zero-order valence-electron chi connectivity index (χ0n) is 8.61. The summed E-state index contributed by atoms with van der Waals surface area (Å²) in [5.41, 5.74) is 1.19. The molecule has 0 spiro atoms. The second-order valence-electron chi connectivity index (χ2n) is 3.60.